The van der Waals surface area contributed by atoms with Gasteiger partial charge in [0.1, 0.15) is 0 Å². The van der Waals surface area contributed by atoms with Crippen molar-refractivity contribution in [2.45, 2.75) is 65.7 Å². The van der Waals surface area contributed by atoms with Gasteiger partial charge in [0.15, 0.2) is 0 Å². The van der Waals surface area contributed by atoms with Crippen molar-refractivity contribution in [1.82, 2.24) is 9.78 Å². The summed E-state index contributed by atoms with van der Waals surface area (Å²) in [5, 5.41) is 0. The average Bonchev–Trinajstić information content (AvgIpc) is 3.09. The standard InChI is InChI=1S/C5H5.3C4H10N.F3Ge.Zr/c1-2-4-5-3-1;3*1-2-3-4-5;1-4(2)3;/h1-3H,4H2;3*5H,2-4H2,1H3;;/q;3*-1;;+3. The average molecular weight is 502 g/mol. The van der Waals surface area contributed by atoms with Gasteiger partial charge in [0.05, 0.1) is 0 Å². The predicted octanol–water partition coefficient (Wildman–Crippen LogP) is 4.78. The first-order valence-corrected chi connectivity index (χ1v) is 24.4. The van der Waals surface area contributed by atoms with Gasteiger partial charge in [0.2, 0.25) is 0 Å². The Balaban J connectivity index is 3.35. The zero-order valence-electron chi connectivity index (χ0n) is 15.9. The third-order valence-corrected chi connectivity index (χ3v) is 43.6. The van der Waals surface area contributed by atoms with E-state index in [2.05, 4.69) is 9.78 Å². The maximum atomic E-state index is 15.0. The van der Waals surface area contributed by atoms with Crippen molar-refractivity contribution in [3.8, 4) is 0 Å². The van der Waals surface area contributed by atoms with Crippen molar-refractivity contribution in [1.29, 1.82) is 0 Å². The van der Waals surface area contributed by atoms with Crippen LogP contribution in [0.4, 0.5) is 10.5 Å². The van der Waals surface area contributed by atoms with E-state index >= 15 is 0 Å². The molecule has 147 valence electrons. The van der Waals surface area contributed by atoms with Crippen molar-refractivity contribution in [3.63, 3.8) is 0 Å². The minimum atomic E-state index is -6.64. The van der Waals surface area contributed by atoms with Crippen LogP contribution in [0.25, 0.3) is 0 Å². The fourth-order valence-corrected chi connectivity index (χ4v) is 34.6. The second-order valence-corrected chi connectivity index (χ2v) is 39.0. The zero-order valence-corrected chi connectivity index (χ0v) is 20.5. The maximum absolute atomic E-state index is 15.0. The van der Waals surface area contributed by atoms with Gasteiger partial charge in [-0.3, -0.25) is 0 Å². The Morgan fingerprint density at radius 1 is 0.880 bits per heavy atom. The summed E-state index contributed by atoms with van der Waals surface area (Å²) in [4.78, 5) is 0. The van der Waals surface area contributed by atoms with E-state index < -0.39 is 28.0 Å². The molecule has 0 atom stereocenters. The topological polar surface area (TPSA) is 36.1 Å². The molecule has 0 heterocycles. The van der Waals surface area contributed by atoms with E-state index in [4.69, 9.17) is 0 Å². The monoisotopic (exact) mass is 502 g/mol. The van der Waals surface area contributed by atoms with Gasteiger partial charge in [0, 0.05) is 0 Å². The molecule has 0 spiro atoms. The molecule has 0 aromatic rings. The van der Waals surface area contributed by atoms with Gasteiger partial charge in [-0.15, -0.1) is 0 Å². The third-order valence-electron chi connectivity index (χ3n) is 5.01. The van der Waals surface area contributed by atoms with Crippen LogP contribution in [0.5, 0.6) is 0 Å². The fraction of sp³-hybridized carbons (Fsp3) is 0.765. The molecule has 0 unspecified atom stereocenters. The zero-order chi connectivity index (χ0) is 18.8. The van der Waals surface area contributed by atoms with Crippen LogP contribution in [0.1, 0.15) is 65.7 Å². The van der Waals surface area contributed by atoms with Crippen molar-refractivity contribution >= 4 is 10.9 Å². The molecule has 1 aliphatic carbocycles. The molecule has 8 heteroatoms. The summed E-state index contributed by atoms with van der Waals surface area (Å²) >= 11 is -5.65. The number of rotatable bonds is 14. The van der Waals surface area contributed by atoms with E-state index in [1.54, 1.807) is 12.2 Å². The van der Waals surface area contributed by atoms with E-state index in [0.717, 1.165) is 38.5 Å². The van der Waals surface area contributed by atoms with Crippen LogP contribution < -0.4 is 9.78 Å². The third kappa shape index (κ3) is 5.31. The second kappa shape index (κ2) is 10.8. The van der Waals surface area contributed by atoms with E-state index in [1.807, 2.05) is 26.8 Å². The molecule has 1 rings (SSSR count). The quantitative estimate of drug-likeness (QED) is 0.237. The van der Waals surface area contributed by atoms with Crippen molar-refractivity contribution < 1.29 is 27.6 Å². The van der Waals surface area contributed by atoms with Crippen molar-refractivity contribution in [2.75, 3.05) is 19.6 Å². The summed E-state index contributed by atoms with van der Waals surface area (Å²) in [7, 11) is -6.64. The van der Waals surface area contributed by atoms with Crippen LogP contribution in [0.3, 0.4) is 0 Å². The van der Waals surface area contributed by atoms with Crippen LogP contribution in [0.15, 0.2) is 21.5 Å². The van der Waals surface area contributed by atoms with E-state index in [-0.39, 0.29) is 0 Å². The van der Waals surface area contributed by atoms with Gasteiger partial charge < -0.3 is 0 Å². The van der Waals surface area contributed by atoms with E-state index in [0.29, 0.717) is 29.3 Å². The molecule has 0 aromatic heterocycles. The van der Waals surface area contributed by atoms with Crippen molar-refractivity contribution in [2.24, 2.45) is 0 Å². The summed E-state index contributed by atoms with van der Waals surface area (Å²) in [6.45, 7) is 7.36. The molecule has 0 saturated heterocycles. The molecule has 3 nitrogen and oxygen atoms in total. The summed E-state index contributed by atoms with van der Waals surface area (Å²) in [5.74, 6) is 0. The summed E-state index contributed by atoms with van der Waals surface area (Å²) < 4.78 is 55.1. The Kier molecular flexibility index (Phi) is 10.2. The van der Waals surface area contributed by atoms with Crippen molar-refractivity contribution in [3.05, 3.63) is 21.5 Å². The minimum absolute atomic E-state index is 0.424. The SMILES string of the molecule is CCCC[NH][Zr]([NH]CCCC)([NH]CCCC)([C]1=CC=CC1)[Ge]([F])([F])[F]. The molecule has 0 radical (unpaired) electrons. The first-order chi connectivity index (χ1) is 11.9. The summed E-state index contributed by atoms with van der Waals surface area (Å²) in [6.07, 6.45) is 10.8. The molecule has 0 amide bonds. The van der Waals surface area contributed by atoms with Gasteiger partial charge in [-0.1, -0.05) is 0 Å². The molecular weight excluding hydrogens is 467 g/mol. The normalized spacial score (nSPS) is 16.7. The Hall–Kier alpha value is 0.576. The van der Waals surface area contributed by atoms with Crippen LogP contribution in [0, 0.1) is 0 Å². The molecule has 0 fully saturated rings. The second-order valence-electron chi connectivity index (χ2n) is 6.91. The molecule has 3 N–H and O–H groups in total. The molecular formula is C17H35F3GeN3Zr. The van der Waals surface area contributed by atoms with Gasteiger partial charge in [0.25, 0.3) is 0 Å². The van der Waals surface area contributed by atoms with Crippen LogP contribution in [-0.2, 0) is 17.1 Å². The predicted molar refractivity (Wildman–Crippen MR) is 99.7 cm³/mol. The Morgan fingerprint density at radius 2 is 1.32 bits per heavy atom. The number of halogens is 3. The van der Waals surface area contributed by atoms with Gasteiger partial charge in [-0.2, -0.15) is 0 Å². The number of nitrogens with one attached hydrogen (secondary N) is 3. The fourth-order valence-electron chi connectivity index (χ4n) is 3.37. The number of allylic oxidation sites excluding steroid dienone is 4. The molecule has 25 heavy (non-hydrogen) atoms. The molecule has 0 bridgehead atoms. The van der Waals surface area contributed by atoms with Crippen LogP contribution in [-0.4, -0.2) is 30.5 Å². The summed E-state index contributed by atoms with van der Waals surface area (Å²) in [6, 6.07) is 0. The van der Waals surface area contributed by atoms with Crippen LogP contribution >= 0.6 is 0 Å². The van der Waals surface area contributed by atoms with E-state index in [1.165, 1.54) is 0 Å². The number of hydrogen-bond acceptors (Lipinski definition) is 3. The molecule has 0 aliphatic heterocycles. The first kappa shape index (κ1) is 23.6. The Labute approximate surface area is 154 Å². The first-order valence-electron chi connectivity index (χ1n) is 9.72. The molecule has 0 aromatic carbocycles. The molecule has 1 aliphatic rings. The Bertz CT molecular complexity index is 437. The summed E-state index contributed by atoms with van der Waals surface area (Å²) in [5.41, 5.74) is 0. The van der Waals surface area contributed by atoms with Gasteiger partial charge in [-0.25, -0.2) is 0 Å². The van der Waals surface area contributed by atoms with Gasteiger partial charge >= 0.3 is 155 Å². The number of hydrogen-bond donors (Lipinski definition) is 3. The Morgan fingerprint density at radius 3 is 1.60 bits per heavy atom. The van der Waals surface area contributed by atoms with Crippen LogP contribution in [0.2, 0.25) is 0 Å². The van der Waals surface area contributed by atoms with Gasteiger partial charge in [-0.05, 0) is 0 Å². The number of unbranched alkanes of at least 4 members (excludes halogenated alkanes) is 3. The van der Waals surface area contributed by atoms with E-state index in [9.17, 15) is 10.5 Å². The molecule has 0 saturated carbocycles.